The van der Waals surface area contributed by atoms with E-state index in [4.69, 9.17) is 4.74 Å². The van der Waals surface area contributed by atoms with Crippen molar-refractivity contribution in [2.45, 2.75) is 32.3 Å². The Morgan fingerprint density at radius 1 is 1.19 bits per heavy atom. The van der Waals surface area contributed by atoms with Gasteiger partial charge in [-0.05, 0) is 47.9 Å². The van der Waals surface area contributed by atoms with E-state index in [0.717, 1.165) is 38.8 Å². The van der Waals surface area contributed by atoms with Crippen molar-refractivity contribution >= 4 is 40.1 Å². The van der Waals surface area contributed by atoms with Crippen LogP contribution in [-0.2, 0) is 6.61 Å². The third-order valence-corrected chi connectivity index (χ3v) is 4.94. The number of rotatable bonds is 8. The zero-order chi connectivity index (χ0) is 19.8. The monoisotopic (exact) mass is 439 g/mol. The molecular weight excluding hydrogens is 410 g/mol. The summed E-state index contributed by atoms with van der Waals surface area (Å²) in [6.07, 6.45) is 0. The molecule has 0 radical (unpaired) electrons. The molecule has 0 aliphatic carbocycles. The van der Waals surface area contributed by atoms with Crippen molar-refractivity contribution in [1.82, 2.24) is 5.32 Å². The standard InChI is InChI=1S/C17H19BrN2OS.C2H6.CH5N/c1-3-20-12-22-17-15(18)9-14(10-16(17)19-2)21-11-13-7-5-4-6-8-13;2*1-2/h4-10,20H,2-3,11-12H2,1H3;1-2H3;2H2,1H3. The second-order valence-electron chi connectivity index (χ2n) is 4.58. The molecule has 0 aliphatic heterocycles. The van der Waals surface area contributed by atoms with Gasteiger partial charge in [0.1, 0.15) is 12.4 Å². The van der Waals surface area contributed by atoms with Crippen LogP contribution in [0.15, 0.2) is 56.8 Å². The van der Waals surface area contributed by atoms with Crippen molar-refractivity contribution < 1.29 is 4.74 Å². The van der Waals surface area contributed by atoms with Gasteiger partial charge in [0.2, 0.25) is 0 Å². The largest absolute Gasteiger partial charge is 0.489 e. The van der Waals surface area contributed by atoms with Gasteiger partial charge in [-0.25, -0.2) is 0 Å². The molecule has 0 fully saturated rings. The van der Waals surface area contributed by atoms with E-state index in [-0.39, 0.29) is 0 Å². The Labute approximate surface area is 170 Å². The summed E-state index contributed by atoms with van der Waals surface area (Å²) in [5.74, 6) is 1.62. The molecule has 4 nitrogen and oxygen atoms in total. The number of benzene rings is 2. The maximum atomic E-state index is 5.85. The minimum Gasteiger partial charge on any atom is -0.489 e. The quantitative estimate of drug-likeness (QED) is 0.242. The predicted molar refractivity (Wildman–Crippen MR) is 120 cm³/mol. The van der Waals surface area contributed by atoms with E-state index in [1.54, 1.807) is 11.8 Å². The SMILES string of the molecule is C=Nc1cc(OCc2ccccc2)cc(Br)c1SCNCC.CC.CN. The van der Waals surface area contributed by atoms with E-state index in [1.165, 1.54) is 7.05 Å². The Morgan fingerprint density at radius 2 is 1.85 bits per heavy atom. The lowest BCUT2D eigenvalue weighted by Gasteiger charge is -2.12. The molecular formula is C20H30BrN3OS. The van der Waals surface area contributed by atoms with Crippen LogP contribution in [0.25, 0.3) is 0 Å². The Morgan fingerprint density at radius 3 is 2.42 bits per heavy atom. The topological polar surface area (TPSA) is 59.6 Å². The molecule has 0 spiro atoms. The lowest BCUT2D eigenvalue weighted by atomic mass is 10.2. The zero-order valence-electron chi connectivity index (χ0n) is 16.1. The first kappa shape index (κ1) is 24.7. The fourth-order valence-electron chi connectivity index (χ4n) is 1.86. The second kappa shape index (κ2) is 15.9. The molecule has 6 heteroatoms. The molecule has 0 bridgehead atoms. The van der Waals surface area contributed by atoms with Gasteiger partial charge >= 0.3 is 0 Å². The summed E-state index contributed by atoms with van der Waals surface area (Å²) >= 11 is 5.30. The molecule has 0 heterocycles. The molecule has 0 saturated carbocycles. The summed E-state index contributed by atoms with van der Waals surface area (Å²) in [7, 11) is 1.50. The van der Waals surface area contributed by atoms with E-state index >= 15 is 0 Å². The Hall–Kier alpha value is -1.34. The number of nitrogens with one attached hydrogen (secondary N) is 1. The molecule has 0 atom stereocenters. The van der Waals surface area contributed by atoms with Gasteiger partial charge in [0.25, 0.3) is 0 Å². The molecule has 26 heavy (non-hydrogen) atoms. The molecule has 2 aromatic rings. The Balaban J connectivity index is 0.00000146. The van der Waals surface area contributed by atoms with E-state index in [0.29, 0.717) is 6.61 Å². The van der Waals surface area contributed by atoms with Crippen molar-refractivity contribution in [3.05, 3.63) is 52.5 Å². The molecule has 0 aliphatic rings. The third-order valence-electron chi connectivity index (χ3n) is 2.98. The molecule has 3 N–H and O–H groups in total. The van der Waals surface area contributed by atoms with Gasteiger partial charge in [-0.3, -0.25) is 4.99 Å². The van der Waals surface area contributed by atoms with Crippen molar-refractivity contribution in [3.63, 3.8) is 0 Å². The van der Waals surface area contributed by atoms with Crippen LogP contribution < -0.4 is 15.8 Å². The van der Waals surface area contributed by atoms with Crippen molar-refractivity contribution in [2.24, 2.45) is 10.7 Å². The summed E-state index contributed by atoms with van der Waals surface area (Å²) in [6, 6.07) is 14.0. The van der Waals surface area contributed by atoms with Gasteiger partial charge in [-0.2, -0.15) is 0 Å². The van der Waals surface area contributed by atoms with Gasteiger partial charge in [-0.1, -0.05) is 51.1 Å². The number of hydrogen-bond acceptors (Lipinski definition) is 5. The zero-order valence-corrected chi connectivity index (χ0v) is 18.5. The third kappa shape index (κ3) is 8.85. The van der Waals surface area contributed by atoms with Gasteiger partial charge in [0.15, 0.2) is 0 Å². The maximum absolute atomic E-state index is 5.85. The van der Waals surface area contributed by atoms with Crippen LogP contribution in [0.5, 0.6) is 5.75 Å². The van der Waals surface area contributed by atoms with Gasteiger partial charge in [-0.15, -0.1) is 11.8 Å². The summed E-state index contributed by atoms with van der Waals surface area (Å²) in [5, 5.41) is 3.29. The number of aliphatic imine (C=N–C) groups is 1. The summed E-state index contributed by atoms with van der Waals surface area (Å²) in [4.78, 5) is 5.19. The van der Waals surface area contributed by atoms with Gasteiger partial charge < -0.3 is 15.8 Å². The van der Waals surface area contributed by atoms with Crippen LogP contribution >= 0.6 is 27.7 Å². The van der Waals surface area contributed by atoms with Gasteiger partial charge in [0, 0.05) is 21.3 Å². The Bertz CT molecular complexity index is 624. The van der Waals surface area contributed by atoms with Crippen LogP contribution in [0.2, 0.25) is 0 Å². The maximum Gasteiger partial charge on any atom is 0.123 e. The van der Waals surface area contributed by atoms with Crippen LogP contribution in [0.1, 0.15) is 26.3 Å². The summed E-state index contributed by atoms with van der Waals surface area (Å²) < 4.78 is 6.83. The molecule has 0 unspecified atom stereocenters. The number of nitrogens with two attached hydrogens (primary N) is 1. The molecule has 2 rings (SSSR count). The van der Waals surface area contributed by atoms with E-state index in [1.807, 2.05) is 56.3 Å². The van der Waals surface area contributed by atoms with Crippen molar-refractivity contribution in [3.8, 4) is 5.75 Å². The number of ether oxygens (including phenoxy) is 1. The normalized spacial score (nSPS) is 9.31. The number of nitrogens with zero attached hydrogens (tertiary/aromatic N) is 1. The first-order valence-electron chi connectivity index (χ1n) is 8.62. The molecule has 0 amide bonds. The summed E-state index contributed by atoms with van der Waals surface area (Å²) in [6.45, 7) is 11.2. The highest BCUT2D eigenvalue weighted by molar-refractivity contribution is 9.10. The van der Waals surface area contributed by atoms with Crippen molar-refractivity contribution in [2.75, 3.05) is 19.5 Å². The second-order valence-corrected chi connectivity index (χ2v) is 6.42. The van der Waals surface area contributed by atoms with Crippen LogP contribution in [0, 0.1) is 0 Å². The van der Waals surface area contributed by atoms with Crippen LogP contribution in [-0.4, -0.2) is 26.2 Å². The van der Waals surface area contributed by atoms with E-state index < -0.39 is 0 Å². The molecule has 2 aromatic carbocycles. The molecule has 144 valence electrons. The minimum atomic E-state index is 0.535. The van der Waals surface area contributed by atoms with E-state index in [9.17, 15) is 0 Å². The Kier molecular flexibility index (Phi) is 15.1. The predicted octanol–water partition coefficient (Wildman–Crippen LogP) is 5.62. The molecule has 0 aromatic heterocycles. The minimum absolute atomic E-state index is 0.535. The fraction of sp³-hybridized carbons (Fsp3) is 0.350. The highest BCUT2D eigenvalue weighted by Gasteiger charge is 2.10. The smallest absolute Gasteiger partial charge is 0.123 e. The number of halogens is 1. The first-order valence-corrected chi connectivity index (χ1v) is 10.4. The van der Waals surface area contributed by atoms with Crippen LogP contribution in [0.4, 0.5) is 5.69 Å². The lowest BCUT2D eigenvalue weighted by molar-refractivity contribution is 0.306. The van der Waals surface area contributed by atoms with Crippen molar-refractivity contribution in [1.29, 1.82) is 0 Å². The van der Waals surface area contributed by atoms with Gasteiger partial charge in [0.05, 0.1) is 5.69 Å². The highest BCUT2D eigenvalue weighted by atomic mass is 79.9. The molecule has 0 saturated heterocycles. The highest BCUT2D eigenvalue weighted by Crippen LogP contribution is 2.39. The number of hydrogen-bond donors (Lipinski definition) is 2. The first-order chi connectivity index (χ1) is 12.7. The summed E-state index contributed by atoms with van der Waals surface area (Å²) in [5.41, 5.74) is 6.47. The average molecular weight is 440 g/mol. The van der Waals surface area contributed by atoms with Crippen LogP contribution in [0.3, 0.4) is 0 Å². The lowest BCUT2D eigenvalue weighted by Crippen LogP contribution is -2.10. The fourth-order valence-corrected chi connectivity index (χ4v) is 3.56. The average Bonchev–Trinajstić information content (AvgIpc) is 2.71. The van der Waals surface area contributed by atoms with E-state index in [2.05, 4.69) is 45.6 Å². The number of thioether (sulfide) groups is 1.